The van der Waals surface area contributed by atoms with Crippen molar-refractivity contribution >= 4 is 5.91 Å². The largest absolute Gasteiger partial charge is 0.416 e. The normalized spacial score (nSPS) is 10.7. The Morgan fingerprint density at radius 1 is 0.880 bits per heavy atom. The van der Waals surface area contributed by atoms with Crippen molar-refractivity contribution in [2.24, 2.45) is 0 Å². The van der Waals surface area contributed by atoms with Gasteiger partial charge in [-0.3, -0.25) is 4.79 Å². The fourth-order valence-electron chi connectivity index (χ4n) is 2.60. The molecule has 3 aromatic rings. The molecule has 0 unspecified atom stereocenters. The van der Waals surface area contributed by atoms with Crippen molar-refractivity contribution < 1.29 is 9.21 Å². The molecule has 128 valence electrons. The smallest absolute Gasteiger partial charge is 0.253 e. The molecule has 0 spiro atoms. The van der Waals surface area contributed by atoms with E-state index >= 15 is 0 Å². The minimum atomic E-state index is 0.0300. The second-order valence-electron chi connectivity index (χ2n) is 5.83. The summed E-state index contributed by atoms with van der Waals surface area (Å²) in [5.41, 5.74) is 3.52. The average Bonchev–Trinajstić information content (AvgIpc) is 3.13. The molecule has 0 aliphatic carbocycles. The van der Waals surface area contributed by atoms with Crippen molar-refractivity contribution in [2.45, 2.75) is 20.8 Å². The van der Waals surface area contributed by atoms with Crippen LogP contribution in [0.5, 0.6) is 0 Å². The van der Waals surface area contributed by atoms with Crippen LogP contribution in [-0.2, 0) is 0 Å². The molecule has 0 saturated carbocycles. The van der Waals surface area contributed by atoms with E-state index in [1.54, 1.807) is 17.0 Å². The van der Waals surface area contributed by atoms with Crippen molar-refractivity contribution in [3.8, 4) is 22.9 Å². The zero-order valence-corrected chi connectivity index (χ0v) is 14.7. The summed E-state index contributed by atoms with van der Waals surface area (Å²) in [5.74, 6) is 0.957. The van der Waals surface area contributed by atoms with Gasteiger partial charge in [-0.05, 0) is 57.2 Å². The predicted molar refractivity (Wildman–Crippen MR) is 97.2 cm³/mol. The maximum Gasteiger partial charge on any atom is 0.253 e. The molecule has 0 aliphatic heterocycles. The van der Waals surface area contributed by atoms with E-state index < -0.39 is 0 Å². The van der Waals surface area contributed by atoms with Crippen molar-refractivity contribution in [2.75, 3.05) is 13.1 Å². The molecule has 0 bridgehead atoms. The van der Waals surface area contributed by atoms with E-state index in [0.29, 0.717) is 30.4 Å². The third-order valence-electron chi connectivity index (χ3n) is 4.15. The number of rotatable bonds is 5. The minimum absolute atomic E-state index is 0.0300. The quantitative estimate of drug-likeness (QED) is 0.701. The van der Waals surface area contributed by atoms with Crippen LogP contribution in [0.1, 0.15) is 29.8 Å². The summed E-state index contributed by atoms with van der Waals surface area (Å²) in [5, 5.41) is 8.23. The molecular weight excluding hydrogens is 314 g/mol. The Balaban J connectivity index is 1.81. The molecule has 25 heavy (non-hydrogen) atoms. The predicted octanol–water partition coefficient (Wildman–Crippen LogP) is 4.19. The van der Waals surface area contributed by atoms with Gasteiger partial charge in [0.2, 0.25) is 11.8 Å². The monoisotopic (exact) mass is 335 g/mol. The third kappa shape index (κ3) is 3.60. The van der Waals surface area contributed by atoms with Crippen LogP contribution in [0, 0.1) is 6.92 Å². The van der Waals surface area contributed by atoms with Crippen LogP contribution >= 0.6 is 0 Å². The maximum atomic E-state index is 12.3. The number of benzene rings is 2. The number of hydrogen-bond donors (Lipinski definition) is 0. The Hall–Kier alpha value is -2.95. The molecule has 0 radical (unpaired) electrons. The fraction of sp³-hybridized carbons (Fsp3) is 0.250. The van der Waals surface area contributed by atoms with E-state index in [-0.39, 0.29) is 5.91 Å². The first-order chi connectivity index (χ1) is 12.1. The molecule has 5 heteroatoms. The Labute approximate surface area is 147 Å². The van der Waals surface area contributed by atoms with Gasteiger partial charge < -0.3 is 9.32 Å². The summed E-state index contributed by atoms with van der Waals surface area (Å²) in [7, 11) is 0. The van der Waals surface area contributed by atoms with Crippen LogP contribution in [-0.4, -0.2) is 34.1 Å². The van der Waals surface area contributed by atoms with E-state index in [9.17, 15) is 4.79 Å². The Morgan fingerprint density at radius 3 is 1.84 bits per heavy atom. The number of aromatic nitrogens is 2. The summed E-state index contributed by atoms with van der Waals surface area (Å²) < 4.78 is 5.77. The SMILES string of the molecule is CCN(CC)C(=O)c1ccc(-c2nnc(-c3ccc(C)cc3)o2)cc1. The summed E-state index contributed by atoms with van der Waals surface area (Å²) in [6.07, 6.45) is 0. The number of hydrogen-bond acceptors (Lipinski definition) is 4. The lowest BCUT2D eigenvalue weighted by atomic mass is 10.1. The standard InChI is InChI=1S/C20H21N3O2/c1-4-23(5-2)20(24)17-12-10-16(11-13-17)19-22-21-18(25-19)15-8-6-14(3)7-9-15/h6-13H,4-5H2,1-3H3. The number of nitrogens with zero attached hydrogens (tertiary/aromatic N) is 3. The van der Waals surface area contributed by atoms with E-state index in [4.69, 9.17) is 4.42 Å². The second-order valence-corrected chi connectivity index (χ2v) is 5.83. The lowest BCUT2D eigenvalue weighted by Crippen LogP contribution is -2.30. The average molecular weight is 335 g/mol. The number of amides is 1. The van der Waals surface area contributed by atoms with Crippen LogP contribution in [0.15, 0.2) is 52.9 Å². The Kier molecular flexibility index (Phi) is 4.93. The van der Waals surface area contributed by atoms with Gasteiger partial charge in [-0.2, -0.15) is 0 Å². The first kappa shape index (κ1) is 16.9. The molecule has 0 N–H and O–H groups in total. The maximum absolute atomic E-state index is 12.3. The Morgan fingerprint density at radius 2 is 1.36 bits per heavy atom. The fourth-order valence-corrected chi connectivity index (χ4v) is 2.60. The van der Waals surface area contributed by atoms with Crippen LogP contribution in [0.3, 0.4) is 0 Å². The molecule has 5 nitrogen and oxygen atoms in total. The third-order valence-corrected chi connectivity index (χ3v) is 4.15. The van der Waals surface area contributed by atoms with Gasteiger partial charge >= 0.3 is 0 Å². The van der Waals surface area contributed by atoms with E-state index in [1.165, 1.54) is 5.56 Å². The molecule has 1 aromatic heterocycles. The highest BCUT2D eigenvalue weighted by molar-refractivity contribution is 5.94. The van der Waals surface area contributed by atoms with Crippen LogP contribution in [0.4, 0.5) is 0 Å². The summed E-state index contributed by atoms with van der Waals surface area (Å²) in [4.78, 5) is 14.1. The number of carbonyl (C=O) groups excluding carboxylic acids is 1. The highest BCUT2D eigenvalue weighted by atomic mass is 16.4. The summed E-state index contributed by atoms with van der Waals surface area (Å²) >= 11 is 0. The molecule has 0 fully saturated rings. The lowest BCUT2D eigenvalue weighted by molar-refractivity contribution is 0.0773. The van der Waals surface area contributed by atoms with E-state index in [0.717, 1.165) is 11.1 Å². The van der Waals surface area contributed by atoms with E-state index in [2.05, 4.69) is 10.2 Å². The number of carbonyl (C=O) groups is 1. The zero-order chi connectivity index (χ0) is 17.8. The van der Waals surface area contributed by atoms with Gasteiger partial charge in [0, 0.05) is 29.8 Å². The Bertz CT molecular complexity index is 847. The molecule has 1 heterocycles. The first-order valence-electron chi connectivity index (χ1n) is 8.42. The van der Waals surface area contributed by atoms with Gasteiger partial charge in [-0.1, -0.05) is 17.7 Å². The van der Waals surface area contributed by atoms with Gasteiger partial charge in [0.1, 0.15) is 0 Å². The second kappa shape index (κ2) is 7.30. The van der Waals surface area contributed by atoms with Crippen LogP contribution in [0.25, 0.3) is 22.9 Å². The number of aryl methyl sites for hydroxylation is 1. The van der Waals surface area contributed by atoms with Crippen molar-refractivity contribution in [1.29, 1.82) is 0 Å². The minimum Gasteiger partial charge on any atom is -0.416 e. The molecule has 2 aromatic carbocycles. The molecular formula is C20H21N3O2. The van der Waals surface area contributed by atoms with Crippen LogP contribution < -0.4 is 0 Å². The summed E-state index contributed by atoms with van der Waals surface area (Å²) in [6, 6.07) is 15.2. The highest BCUT2D eigenvalue weighted by Crippen LogP contribution is 2.24. The van der Waals surface area contributed by atoms with Crippen molar-refractivity contribution in [3.63, 3.8) is 0 Å². The van der Waals surface area contributed by atoms with Gasteiger partial charge in [0.15, 0.2) is 0 Å². The molecule has 0 aliphatic rings. The highest BCUT2D eigenvalue weighted by Gasteiger charge is 2.14. The lowest BCUT2D eigenvalue weighted by Gasteiger charge is -2.18. The molecule has 3 rings (SSSR count). The van der Waals surface area contributed by atoms with E-state index in [1.807, 2.05) is 57.2 Å². The molecule has 0 saturated heterocycles. The van der Waals surface area contributed by atoms with Gasteiger partial charge in [-0.15, -0.1) is 10.2 Å². The van der Waals surface area contributed by atoms with Gasteiger partial charge in [0.25, 0.3) is 5.91 Å². The van der Waals surface area contributed by atoms with Gasteiger partial charge in [-0.25, -0.2) is 0 Å². The summed E-state index contributed by atoms with van der Waals surface area (Å²) in [6.45, 7) is 7.37. The van der Waals surface area contributed by atoms with Gasteiger partial charge in [0.05, 0.1) is 0 Å². The van der Waals surface area contributed by atoms with Crippen LogP contribution in [0.2, 0.25) is 0 Å². The zero-order valence-electron chi connectivity index (χ0n) is 14.7. The van der Waals surface area contributed by atoms with Crippen molar-refractivity contribution in [3.05, 3.63) is 59.7 Å². The van der Waals surface area contributed by atoms with Crippen molar-refractivity contribution in [1.82, 2.24) is 15.1 Å². The first-order valence-corrected chi connectivity index (χ1v) is 8.42. The topological polar surface area (TPSA) is 59.2 Å². The molecule has 0 atom stereocenters. The molecule has 1 amide bonds.